The zero-order chi connectivity index (χ0) is 7.40. The highest BCUT2D eigenvalue weighted by Crippen LogP contribution is 2.12. The molecule has 0 atom stereocenters. The lowest BCUT2D eigenvalue weighted by Crippen LogP contribution is -1.81. The van der Waals surface area contributed by atoms with Crippen molar-refractivity contribution in [3.05, 3.63) is 39.8 Å². The van der Waals surface area contributed by atoms with Crippen molar-refractivity contribution in [2.24, 2.45) is 0 Å². The fraction of sp³-hybridized carbons (Fsp3) is 0. The Labute approximate surface area is 67.2 Å². The number of halogens is 1. The Morgan fingerprint density at radius 2 is 2.10 bits per heavy atom. The van der Waals surface area contributed by atoms with Gasteiger partial charge in [-0.3, -0.25) is 0 Å². The van der Waals surface area contributed by atoms with E-state index < -0.39 is 0 Å². The van der Waals surface area contributed by atoms with Crippen LogP contribution < -0.4 is 0 Å². The van der Waals surface area contributed by atoms with Crippen molar-refractivity contribution in [3.8, 4) is 0 Å². The zero-order valence-corrected chi connectivity index (χ0v) is 6.75. The molecule has 0 fully saturated rings. The van der Waals surface area contributed by atoms with Crippen LogP contribution >= 0.6 is 15.9 Å². The first kappa shape index (κ1) is 7.19. The Bertz CT molecular complexity index is 277. The molecular weight excluding hydrogens is 192 g/mol. The molecule has 0 amide bonds. The Hall–Kier alpha value is -0.920. The molecule has 1 rings (SSSR count). The summed E-state index contributed by atoms with van der Waals surface area (Å²) >= 11 is 3.29. The van der Waals surface area contributed by atoms with E-state index in [-0.39, 0.29) is 0 Å². The highest BCUT2D eigenvalue weighted by molar-refractivity contribution is 9.10. The van der Waals surface area contributed by atoms with Crippen LogP contribution in [-0.2, 0) is 0 Å². The molecule has 0 saturated heterocycles. The van der Waals surface area contributed by atoms with Gasteiger partial charge in [0.25, 0.3) is 6.21 Å². The summed E-state index contributed by atoms with van der Waals surface area (Å²) in [7, 11) is 0. The molecule has 0 aliphatic rings. The fourth-order valence-corrected chi connectivity index (χ4v) is 1.03. The molecule has 10 heavy (non-hydrogen) atoms. The average molecular weight is 197 g/mol. The van der Waals surface area contributed by atoms with Crippen molar-refractivity contribution in [2.45, 2.75) is 0 Å². The molecule has 0 aromatic heterocycles. The molecule has 0 unspecified atom stereocenters. The molecule has 3 heteroatoms. The average Bonchev–Trinajstić information content (AvgIpc) is 1.94. The van der Waals surface area contributed by atoms with Crippen molar-refractivity contribution in [2.75, 3.05) is 0 Å². The van der Waals surface area contributed by atoms with E-state index in [1.165, 1.54) is 6.21 Å². The molecule has 0 heterocycles. The lowest BCUT2D eigenvalue weighted by Gasteiger charge is -1.88. The summed E-state index contributed by atoms with van der Waals surface area (Å²) in [6.07, 6.45) is 1.38. The van der Waals surface area contributed by atoms with Crippen molar-refractivity contribution in [1.82, 2.24) is 0 Å². The SMILES string of the molecule is [N-]=[N+]=Cc1ccccc1Br. The van der Waals surface area contributed by atoms with Crippen LogP contribution in [0.25, 0.3) is 5.53 Å². The number of nitrogens with zero attached hydrogens (tertiary/aromatic N) is 2. The van der Waals surface area contributed by atoms with E-state index in [4.69, 9.17) is 5.53 Å². The standard InChI is InChI=1S/C7H5BrN2/c8-7-4-2-1-3-6(7)5-10-9/h1-5H. The minimum Gasteiger partial charge on any atom is -0.361 e. The van der Waals surface area contributed by atoms with Gasteiger partial charge in [0, 0.05) is 4.47 Å². The highest BCUT2D eigenvalue weighted by atomic mass is 79.9. The molecule has 0 N–H and O–H groups in total. The van der Waals surface area contributed by atoms with Crippen LogP contribution in [0.5, 0.6) is 0 Å². The Morgan fingerprint density at radius 3 is 2.70 bits per heavy atom. The fourth-order valence-electron chi connectivity index (χ4n) is 0.642. The Balaban J connectivity index is 3.14. The Kier molecular flexibility index (Phi) is 2.37. The predicted octanol–water partition coefficient (Wildman–Crippen LogP) is 2.10. The van der Waals surface area contributed by atoms with Gasteiger partial charge in [0.2, 0.25) is 0 Å². The predicted molar refractivity (Wildman–Crippen MR) is 42.9 cm³/mol. The smallest absolute Gasteiger partial charge is 0.288 e. The second-order valence-corrected chi connectivity index (χ2v) is 2.62. The van der Waals surface area contributed by atoms with Gasteiger partial charge in [-0.25, -0.2) is 0 Å². The summed E-state index contributed by atoms with van der Waals surface area (Å²) in [6.45, 7) is 0. The molecule has 0 bridgehead atoms. The van der Waals surface area contributed by atoms with Crippen LogP contribution in [0.15, 0.2) is 28.7 Å². The van der Waals surface area contributed by atoms with Gasteiger partial charge in [0.05, 0.1) is 5.56 Å². The van der Waals surface area contributed by atoms with Gasteiger partial charge in [-0.05, 0) is 28.1 Å². The van der Waals surface area contributed by atoms with Crippen LogP contribution in [0.2, 0.25) is 0 Å². The maximum Gasteiger partial charge on any atom is 0.288 e. The van der Waals surface area contributed by atoms with E-state index in [1.807, 2.05) is 24.3 Å². The normalized spacial score (nSPS) is 8.50. The number of hydrogen-bond acceptors (Lipinski definition) is 0. The first-order valence-electron chi connectivity index (χ1n) is 2.76. The van der Waals surface area contributed by atoms with Gasteiger partial charge in [-0.1, -0.05) is 12.1 Å². The second-order valence-electron chi connectivity index (χ2n) is 1.77. The third kappa shape index (κ3) is 1.53. The first-order chi connectivity index (χ1) is 4.84. The van der Waals surface area contributed by atoms with Crippen molar-refractivity contribution >= 4 is 22.1 Å². The van der Waals surface area contributed by atoms with E-state index in [1.54, 1.807) is 0 Å². The van der Waals surface area contributed by atoms with Crippen molar-refractivity contribution in [3.63, 3.8) is 0 Å². The van der Waals surface area contributed by atoms with Crippen LogP contribution in [0.1, 0.15) is 5.56 Å². The van der Waals surface area contributed by atoms with Gasteiger partial charge >= 0.3 is 0 Å². The van der Waals surface area contributed by atoms with Crippen LogP contribution in [-0.4, -0.2) is 11.0 Å². The Morgan fingerprint density at radius 1 is 1.40 bits per heavy atom. The summed E-state index contributed by atoms with van der Waals surface area (Å²) in [6, 6.07) is 7.52. The topological polar surface area (TPSA) is 36.4 Å². The quantitative estimate of drug-likeness (QED) is 0.375. The molecule has 0 aliphatic carbocycles. The van der Waals surface area contributed by atoms with E-state index in [9.17, 15) is 0 Å². The molecule has 0 radical (unpaired) electrons. The summed E-state index contributed by atoms with van der Waals surface area (Å²) in [5.74, 6) is 0. The molecule has 1 aromatic carbocycles. The molecular formula is C7H5BrN2. The summed E-state index contributed by atoms with van der Waals surface area (Å²) in [4.78, 5) is 2.91. The number of hydrogen-bond donors (Lipinski definition) is 0. The lowest BCUT2D eigenvalue weighted by atomic mass is 10.2. The summed E-state index contributed by atoms with van der Waals surface area (Å²) < 4.78 is 0.924. The molecule has 2 nitrogen and oxygen atoms in total. The van der Waals surface area contributed by atoms with Crippen molar-refractivity contribution in [1.29, 1.82) is 0 Å². The summed E-state index contributed by atoms with van der Waals surface area (Å²) in [5.41, 5.74) is 9.06. The van der Waals surface area contributed by atoms with Crippen LogP contribution in [0.4, 0.5) is 0 Å². The molecule has 0 saturated carbocycles. The maximum absolute atomic E-state index is 8.19. The number of rotatable bonds is 1. The van der Waals surface area contributed by atoms with Crippen molar-refractivity contribution < 1.29 is 4.79 Å². The highest BCUT2D eigenvalue weighted by Gasteiger charge is 1.95. The molecule has 50 valence electrons. The maximum atomic E-state index is 8.19. The third-order valence-corrected chi connectivity index (χ3v) is 1.82. The minimum atomic E-state index is 0.866. The van der Waals surface area contributed by atoms with Gasteiger partial charge < -0.3 is 5.53 Å². The third-order valence-electron chi connectivity index (χ3n) is 1.10. The van der Waals surface area contributed by atoms with Gasteiger partial charge in [0.15, 0.2) is 0 Å². The number of benzene rings is 1. The molecule has 0 aliphatic heterocycles. The largest absolute Gasteiger partial charge is 0.361 e. The monoisotopic (exact) mass is 196 g/mol. The van der Waals surface area contributed by atoms with E-state index >= 15 is 0 Å². The van der Waals surface area contributed by atoms with Gasteiger partial charge in [-0.2, -0.15) is 4.79 Å². The summed E-state index contributed by atoms with van der Waals surface area (Å²) in [5, 5.41) is 0. The first-order valence-corrected chi connectivity index (χ1v) is 3.56. The van der Waals surface area contributed by atoms with Crippen LogP contribution in [0, 0.1) is 0 Å². The minimum absolute atomic E-state index is 0.866. The van der Waals surface area contributed by atoms with Gasteiger partial charge in [0.1, 0.15) is 0 Å². The van der Waals surface area contributed by atoms with E-state index in [0.717, 1.165) is 10.0 Å². The second kappa shape index (κ2) is 3.30. The van der Waals surface area contributed by atoms with E-state index in [0.29, 0.717) is 0 Å². The lowest BCUT2D eigenvalue weighted by molar-refractivity contribution is 0.00452. The molecule has 1 aromatic rings. The zero-order valence-electron chi connectivity index (χ0n) is 5.16. The molecule has 0 spiro atoms. The van der Waals surface area contributed by atoms with Gasteiger partial charge in [-0.15, -0.1) is 0 Å². The van der Waals surface area contributed by atoms with Crippen LogP contribution in [0.3, 0.4) is 0 Å². The van der Waals surface area contributed by atoms with E-state index in [2.05, 4.69) is 20.7 Å².